The number of benzene rings is 1. The second kappa shape index (κ2) is 7.72. The van der Waals surface area contributed by atoms with E-state index in [0.29, 0.717) is 31.9 Å². The molecule has 144 valence electrons. The molecule has 0 saturated carbocycles. The topological polar surface area (TPSA) is 95.3 Å². The number of nitrogens with zero attached hydrogens (tertiary/aromatic N) is 3. The number of carbonyl (C=O) groups excluding carboxylic acids is 2. The maximum Gasteiger partial charge on any atom is 0.235 e. The molecule has 1 aromatic carbocycles. The van der Waals surface area contributed by atoms with Crippen molar-refractivity contribution < 1.29 is 9.59 Å². The number of carbonyl (C=O) groups is 2. The molecule has 28 heavy (non-hydrogen) atoms. The van der Waals surface area contributed by atoms with Gasteiger partial charge in [-0.1, -0.05) is 12.1 Å². The summed E-state index contributed by atoms with van der Waals surface area (Å²) < 4.78 is 0. The number of aromatic amines is 1. The molecule has 1 aliphatic heterocycles. The molecule has 1 unspecified atom stereocenters. The molecule has 0 bridgehead atoms. The van der Waals surface area contributed by atoms with Crippen molar-refractivity contribution in [3.05, 3.63) is 60.6 Å². The van der Waals surface area contributed by atoms with Crippen LogP contribution in [0.1, 0.15) is 5.69 Å². The van der Waals surface area contributed by atoms with Gasteiger partial charge in [0.25, 0.3) is 0 Å². The van der Waals surface area contributed by atoms with Gasteiger partial charge in [0.05, 0.1) is 0 Å². The highest BCUT2D eigenvalue weighted by Crippen LogP contribution is 2.27. The maximum absolute atomic E-state index is 12.9. The van der Waals surface area contributed by atoms with Gasteiger partial charge in [-0.2, -0.15) is 0 Å². The molecule has 1 fully saturated rings. The number of nitrogens with one attached hydrogen (secondary N) is 1. The van der Waals surface area contributed by atoms with Gasteiger partial charge >= 0.3 is 0 Å². The number of hydrogen-bond donors (Lipinski definition) is 2. The fourth-order valence-electron chi connectivity index (χ4n) is 3.77. The van der Waals surface area contributed by atoms with Crippen molar-refractivity contribution in [1.29, 1.82) is 0 Å². The Kier molecular flexibility index (Phi) is 4.97. The molecule has 1 aliphatic rings. The molecule has 1 atom stereocenters. The monoisotopic (exact) mass is 377 g/mol. The van der Waals surface area contributed by atoms with E-state index in [9.17, 15) is 9.59 Å². The SMILES string of the molecule is NC(=O)C(Cc1ccccn1)C(=O)N1CCN(c2cccc3[nH]ccc23)CC1. The summed E-state index contributed by atoms with van der Waals surface area (Å²) >= 11 is 0. The Bertz CT molecular complexity index is 977. The zero-order valence-corrected chi connectivity index (χ0v) is 15.5. The van der Waals surface area contributed by atoms with Gasteiger partial charge < -0.3 is 20.5 Å². The van der Waals surface area contributed by atoms with E-state index in [4.69, 9.17) is 5.73 Å². The molecular weight excluding hydrogens is 354 g/mol. The predicted molar refractivity (Wildman–Crippen MR) is 108 cm³/mol. The third kappa shape index (κ3) is 3.55. The first kappa shape index (κ1) is 18.0. The highest BCUT2D eigenvalue weighted by atomic mass is 16.2. The molecule has 0 aliphatic carbocycles. The first-order valence-corrected chi connectivity index (χ1v) is 9.42. The number of primary amides is 1. The minimum Gasteiger partial charge on any atom is -0.369 e. The number of nitrogens with two attached hydrogens (primary N) is 1. The summed E-state index contributed by atoms with van der Waals surface area (Å²) in [5.74, 6) is -1.69. The lowest BCUT2D eigenvalue weighted by molar-refractivity contribution is -0.141. The van der Waals surface area contributed by atoms with Crippen LogP contribution in [0.3, 0.4) is 0 Å². The fraction of sp³-hybridized carbons (Fsp3) is 0.286. The quantitative estimate of drug-likeness (QED) is 0.660. The van der Waals surface area contributed by atoms with Crippen molar-refractivity contribution in [2.75, 3.05) is 31.1 Å². The van der Waals surface area contributed by atoms with Crippen molar-refractivity contribution in [3.63, 3.8) is 0 Å². The van der Waals surface area contributed by atoms with Gasteiger partial charge in [-0.05, 0) is 30.3 Å². The molecule has 7 heteroatoms. The Morgan fingerprint density at radius 1 is 1.07 bits per heavy atom. The van der Waals surface area contributed by atoms with E-state index < -0.39 is 11.8 Å². The lowest BCUT2D eigenvalue weighted by atomic mass is 9.99. The van der Waals surface area contributed by atoms with Gasteiger partial charge in [0.1, 0.15) is 5.92 Å². The van der Waals surface area contributed by atoms with Crippen LogP contribution in [0.4, 0.5) is 5.69 Å². The summed E-state index contributed by atoms with van der Waals surface area (Å²) in [5, 5.41) is 1.17. The van der Waals surface area contributed by atoms with Gasteiger partial charge in [0.2, 0.25) is 11.8 Å². The van der Waals surface area contributed by atoms with Crippen LogP contribution in [-0.4, -0.2) is 52.9 Å². The van der Waals surface area contributed by atoms with Crippen LogP contribution < -0.4 is 10.6 Å². The highest BCUT2D eigenvalue weighted by molar-refractivity contribution is 6.00. The number of piperazine rings is 1. The maximum atomic E-state index is 12.9. The Hall–Kier alpha value is -3.35. The second-order valence-electron chi connectivity index (χ2n) is 7.01. The highest BCUT2D eigenvalue weighted by Gasteiger charge is 2.31. The normalized spacial score (nSPS) is 15.6. The Labute approximate surface area is 163 Å². The first-order chi connectivity index (χ1) is 13.6. The zero-order chi connectivity index (χ0) is 19.5. The number of pyridine rings is 1. The van der Waals surface area contributed by atoms with Crippen LogP contribution in [-0.2, 0) is 16.0 Å². The van der Waals surface area contributed by atoms with Crippen molar-refractivity contribution in [1.82, 2.24) is 14.9 Å². The van der Waals surface area contributed by atoms with Crippen LogP contribution in [0.5, 0.6) is 0 Å². The average Bonchev–Trinajstić information content (AvgIpc) is 3.21. The molecule has 3 aromatic rings. The predicted octanol–water partition coefficient (Wildman–Crippen LogP) is 1.56. The van der Waals surface area contributed by atoms with Crippen LogP contribution in [0.25, 0.3) is 10.9 Å². The summed E-state index contributed by atoms with van der Waals surface area (Å²) in [4.78, 5) is 36.3. The molecule has 3 heterocycles. The molecular formula is C21H23N5O2. The molecule has 2 amide bonds. The number of rotatable bonds is 5. The van der Waals surface area contributed by atoms with E-state index >= 15 is 0 Å². The second-order valence-corrected chi connectivity index (χ2v) is 7.01. The molecule has 0 spiro atoms. The third-order valence-corrected chi connectivity index (χ3v) is 5.28. The van der Waals surface area contributed by atoms with Gasteiger partial charge in [-0.25, -0.2) is 0 Å². The molecule has 2 aromatic heterocycles. The van der Waals surface area contributed by atoms with Crippen molar-refractivity contribution in [3.8, 4) is 0 Å². The van der Waals surface area contributed by atoms with Crippen molar-refractivity contribution in [2.24, 2.45) is 11.7 Å². The molecule has 4 rings (SSSR count). The molecule has 7 nitrogen and oxygen atoms in total. The van der Waals surface area contributed by atoms with Gasteiger partial charge in [0.15, 0.2) is 0 Å². The molecule has 0 radical (unpaired) electrons. The summed E-state index contributed by atoms with van der Waals surface area (Å²) in [6, 6.07) is 13.7. The van der Waals surface area contributed by atoms with Gasteiger partial charge in [0, 0.05) is 67.3 Å². The van der Waals surface area contributed by atoms with E-state index in [2.05, 4.69) is 27.0 Å². The first-order valence-electron chi connectivity index (χ1n) is 9.42. The summed E-state index contributed by atoms with van der Waals surface area (Å²) in [6.07, 6.45) is 3.82. The molecule has 1 saturated heterocycles. The van der Waals surface area contributed by atoms with Crippen molar-refractivity contribution >= 4 is 28.4 Å². The lowest BCUT2D eigenvalue weighted by Crippen LogP contribution is -2.52. The summed E-state index contributed by atoms with van der Waals surface area (Å²) in [5.41, 5.74) is 8.48. The van der Waals surface area contributed by atoms with Gasteiger partial charge in [-0.3, -0.25) is 14.6 Å². The number of amides is 2. The van der Waals surface area contributed by atoms with E-state index in [-0.39, 0.29) is 12.3 Å². The van der Waals surface area contributed by atoms with Crippen LogP contribution in [0.15, 0.2) is 54.9 Å². The smallest absolute Gasteiger partial charge is 0.235 e. The van der Waals surface area contributed by atoms with Crippen LogP contribution in [0.2, 0.25) is 0 Å². The minimum atomic E-state index is -0.880. The van der Waals surface area contributed by atoms with E-state index in [0.717, 1.165) is 11.2 Å². The molecule has 3 N–H and O–H groups in total. The number of fused-ring (bicyclic) bond motifs is 1. The van der Waals surface area contributed by atoms with Crippen LogP contribution >= 0.6 is 0 Å². The summed E-state index contributed by atoms with van der Waals surface area (Å²) in [7, 11) is 0. The van der Waals surface area contributed by atoms with E-state index in [1.807, 2.05) is 24.4 Å². The Morgan fingerprint density at radius 2 is 1.89 bits per heavy atom. The third-order valence-electron chi connectivity index (χ3n) is 5.28. The number of aromatic nitrogens is 2. The average molecular weight is 377 g/mol. The standard InChI is InChI=1S/C21H23N5O2/c22-20(27)17(14-15-4-1-2-8-23-15)21(28)26-12-10-25(11-13-26)19-6-3-5-18-16(19)7-9-24-18/h1-9,17,24H,10-14H2,(H2,22,27). The summed E-state index contributed by atoms with van der Waals surface area (Å²) in [6.45, 7) is 2.55. The van der Waals surface area contributed by atoms with E-state index in [1.165, 1.54) is 5.39 Å². The van der Waals surface area contributed by atoms with Crippen LogP contribution in [0, 0.1) is 5.92 Å². The fourth-order valence-corrected chi connectivity index (χ4v) is 3.77. The minimum absolute atomic E-state index is 0.211. The Balaban J connectivity index is 1.44. The van der Waals surface area contributed by atoms with Crippen molar-refractivity contribution in [2.45, 2.75) is 6.42 Å². The zero-order valence-electron chi connectivity index (χ0n) is 15.5. The van der Waals surface area contributed by atoms with E-state index in [1.54, 1.807) is 23.2 Å². The number of anilines is 1. The Morgan fingerprint density at radius 3 is 2.61 bits per heavy atom. The lowest BCUT2D eigenvalue weighted by Gasteiger charge is -2.37. The van der Waals surface area contributed by atoms with Gasteiger partial charge in [-0.15, -0.1) is 0 Å². The number of H-pyrrole nitrogens is 1. The largest absolute Gasteiger partial charge is 0.369 e. The number of hydrogen-bond acceptors (Lipinski definition) is 4.